The first kappa shape index (κ1) is 18.3. The summed E-state index contributed by atoms with van der Waals surface area (Å²) in [4.78, 5) is 38.2. The number of aryl methyl sites for hydroxylation is 1. The van der Waals surface area contributed by atoms with E-state index in [4.69, 9.17) is 0 Å². The maximum atomic E-state index is 12.6. The average molecular weight is 374 g/mol. The molecule has 3 aliphatic heterocycles. The standard InChI is InChI=1S/C15H12N2O3.C8H10/c18-10-7-6-9-11-12(13(10)16-9)15(20)17(14(11)19)8-4-2-1-3-5-8;1-2-8-6-4-3-5-7-8/h1-7,9,11-13,16H;3-7H,2H2,1H3/t9-,11-,12-,13+;/m0./s1. The molecule has 3 heterocycles. The third-order valence-electron chi connectivity index (χ3n) is 5.56. The SMILES string of the molecule is CCc1ccccc1.O=C1C=C[C@@H]2N[C@H]1[C@H]1C(=O)N(c3ccccc3)C(=O)[C@H]12. The van der Waals surface area contributed by atoms with Crippen LogP contribution in [0.3, 0.4) is 0 Å². The highest BCUT2D eigenvalue weighted by molar-refractivity contribution is 6.24. The van der Waals surface area contributed by atoms with Crippen molar-refractivity contribution in [2.24, 2.45) is 11.8 Å². The summed E-state index contributed by atoms with van der Waals surface area (Å²) >= 11 is 0. The first-order valence-electron chi connectivity index (χ1n) is 9.56. The Bertz CT molecular complexity index is 923. The van der Waals surface area contributed by atoms with Crippen LogP contribution in [0.25, 0.3) is 0 Å². The topological polar surface area (TPSA) is 66.5 Å². The number of ketones is 1. The molecule has 5 rings (SSSR count). The van der Waals surface area contributed by atoms with E-state index < -0.39 is 17.9 Å². The van der Waals surface area contributed by atoms with E-state index in [2.05, 4.69) is 36.5 Å². The molecule has 4 atom stereocenters. The number of carbonyl (C=O) groups is 3. The molecule has 28 heavy (non-hydrogen) atoms. The summed E-state index contributed by atoms with van der Waals surface area (Å²) in [5.74, 6) is -1.65. The molecule has 2 fully saturated rings. The van der Waals surface area contributed by atoms with Crippen molar-refractivity contribution >= 4 is 23.3 Å². The summed E-state index contributed by atoms with van der Waals surface area (Å²) in [6.45, 7) is 2.16. The number of carbonyl (C=O) groups excluding carboxylic acids is 3. The lowest BCUT2D eigenvalue weighted by atomic mass is 9.90. The second kappa shape index (κ2) is 7.52. The second-order valence-corrected chi connectivity index (χ2v) is 7.17. The average Bonchev–Trinajstić information content (AvgIpc) is 3.20. The molecule has 2 aromatic rings. The van der Waals surface area contributed by atoms with Crippen molar-refractivity contribution in [3.8, 4) is 0 Å². The van der Waals surface area contributed by atoms with Gasteiger partial charge in [0, 0.05) is 6.04 Å². The van der Waals surface area contributed by atoms with Gasteiger partial charge in [0.25, 0.3) is 0 Å². The Morgan fingerprint density at radius 3 is 2.07 bits per heavy atom. The molecule has 0 aromatic heterocycles. The van der Waals surface area contributed by atoms with Crippen LogP contribution < -0.4 is 10.2 Å². The molecule has 0 saturated carbocycles. The van der Waals surface area contributed by atoms with Crippen molar-refractivity contribution in [3.63, 3.8) is 0 Å². The third kappa shape index (κ3) is 3.08. The van der Waals surface area contributed by atoms with Gasteiger partial charge in [0.05, 0.1) is 23.6 Å². The maximum absolute atomic E-state index is 12.6. The van der Waals surface area contributed by atoms with Crippen molar-refractivity contribution in [3.05, 3.63) is 78.4 Å². The molecule has 0 aliphatic carbocycles. The van der Waals surface area contributed by atoms with Crippen molar-refractivity contribution < 1.29 is 14.4 Å². The Hall–Kier alpha value is -3.05. The summed E-state index contributed by atoms with van der Waals surface area (Å²) in [6.07, 6.45) is 4.32. The van der Waals surface area contributed by atoms with Crippen molar-refractivity contribution in [2.75, 3.05) is 4.90 Å². The zero-order valence-corrected chi connectivity index (χ0v) is 15.6. The number of benzene rings is 2. The Morgan fingerprint density at radius 2 is 1.46 bits per heavy atom. The van der Waals surface area contributed by atoms with E-state index in [1.807, 2.05) is 12.1 Å². The molecule has 2 aromatic carbocycles. The minimum absolute atomic E-state index is 0.121. The Morgan fingerprint density at radius 1 is 0.857 bits per heavy atom. The number of fused-ring (bicyclic) bond motifs is 5. The van der Waals surface area contributed by atoms with Gasteiger partial charge in [0.15, 0.2) is 5.78 Å². The largest absolute Gasteiger partial charge is 0.299 e. The predicted molar refractivity (Wildman–Crippen MR) is 107 cm³/mol. The van der Waals surface area contributed by atoms with E-state index in [9.17, 15) is 14.4 Å². The molecule has 0 spiro atoms. The van der Waals surface area contributed by atoms with Crippen LogP contribution in [0.15, 0.2) is 72.8 Å². The molecule has 2 amide bonds. The number of nitrogens with zero attached hydrogens (tertiary/aromatic N) is 1. The number of hydrogen-bond donors (Lipinski definition) is 1. The lowest BCUT2D eigenvalue weighted by Crippen LogP contribution is -2.46. The van der Waals surface area contributed by atoms with E-state index in [1.165, 1.54) is 16.5 Å². The lowest BCUT2D eigenvalue weighted by Gasteiger charge is -2.22. The van der Waals surface area contributed by atoms with Gasteiger partial charge in [0.1, 0.15) is 0 Å². The van der Waals surface area contributed by atoms with E-state index in [1.54, 1.807) is 30.3 Å². The van der Waals surface area contributed by atoms with Gasteiger partial charge in [-0.15, -0.1) is 0 Å². The van der Waals surface area contributed by atoms with Gasteiger partial charge in [-0.2, -0.15) is 0 Å². The van der Waals surface area contributed by atoms with Gasteiger partial charge in [-0.3, -0.25) is 19.7 Å². The number of imide groups is 1. The summed E-state index contributed by atoms with van der Waals surface area (Å²) in [5.41, 5.74) is 1.99. The number of nitrogens with one attached hydrogen (secondary N) is 1. The van der Waals surface area contributed by atoms with E-state index in [0.717, 1.165) is 6.42 Å². The van der Waals surface area contributed by atoms with E-state index in [0.29, 0.717) is 5.69 Å². The van der Waals surface area contributed by atoms with Crippen LogP contribution in [0.1, 0.15) is 12.5 Å². The number of para-hydroxylation sites is 1. The summed E-state index contributed by atoms with van der Waals surface area (Å²) < 4.78 is 0. The molecule has 142 valence electrons. The van der Waals surface area contributed by atoms with Crippen LogP contribution in [0.5, 0.6) is 0 Å². The smallest absolute Gasteiger partial charge is 0.239 e. The molecule has 1 N–H and O–H groups in total. The highest BCUT2D eigenvalue weighted by Gasteiger charge is 2.60. The van der Waals surface area contributed by atoms with Crippen LogP contribution in [0.4, 0.5) is 5.69 Å². The molecule has 2 bridgehead atoms. The molecule has 3 aliphatic rings. The van der Waals surface area contributed by atoms with Crippen molar-refractivity contribution in [1.29, 1.82) is 0 Å². The Labute approximate surface area is 164 Å². The monoisotopic (exact) mass is 374 g/mol. The molecule has 0 unspecified atom stereocenters. The normalized spacial score (nSPS) is 27.5. The fraction of sp³-hybridized carbons (Fsp3) is 0.261. The fourth-order valence-electron chi connectivity index (χ4n) is 4.14. The molecule has 5 heteroatoms. The van der Waals surface area contributed by atoms with Crippen LogP contribution in [0.2, 0.25) is 0 Å². The zero-order valence-electron chi connectivity index (χ0n) is 15.6. The van der Waals surface area contributed by atoms with E-state index in [-0.39, 0.29) is 23.6 Å². The Kier molecular flexibility index (Phi) is 4.92. The second-order valence-electron chi connectivity index (χ2n) is 7.17. The van der Waals surface area contributed by atoms with Gasteiger partial charge >= 0.3 is 0 Å². The summed E-state index contributed by atoms with van der Waals surface area (Å²) in [7, 11) is 0. The molecule has 0 radical (unpaired) electrons. The summed E-state index contributed by atoms with van der Waals surface area (Å²) in [5, 5.41) is 3.07. The molecule has 2 saturated heterocycles. The first-order valence-corrected chi connectivity index (χ1v) is 9.56. The van der Waals surface area contributed by atoms with Crippen molar-refractivity contribution in [1.82, 2.24) is 5.32 Å². The Balaban J connectivity index is 0.000000203. The van der Waals surface area contributed by atoms with Crippen LogP contribution in [-0.2, 0) is 20.8 Å². The van der Waals surface area contributed by atoms with Gasteiger partial charge in [-0.1, -0.05) is 61.5 Å². The maximum Gasteiger partial charge on any atom is 0.239 e. The number of anilines is 1. The summed E-state index contributed by atoms with van der Waals surface area (Å²) in [6, 6.07) is 18.6. The van der Waals surface area contributed by atoms with Crippen LogP contribution in [-0.4, -0.2) is 29.7 Å². The minimum atomic E-state index is -0.574. The highest BCUT2D eigenvalue weighted by atomic mass is 16.2. The number of amides is 2. The van der Waals surface area contributed by atoms with Crippen molar-refractivity contribution in [2.45, 2.75) is 25.4 Å². The minimum Gasteiger partial charge on any atom is -0.299 e. The highest BCUT2D eigenvalue weighted by Crippen LogP contribution is 2.41. The molecular weight excluding hydrogens is 352 g/mol. The first-order chi connectivity index (χ1) is 13.6. The predicted octanol–water partition coefficient (Wildman–Crippen LogP) is 2.52. The number of hydrogen-bond acceptors (Lipinski definition) is 4. The van der Waals surface area contributed by atoms with Gasteiger partial charge < -0.3 is 0 Å². The van der Waals surface area contributed by atoms with Gasteiger partial charge in [0.2, 0.25) is 11.8 Å². The van der Waals surface area contributed by atoms with Gasteiger partial charge in [-0.05, 0) is 30.2 Å². The third-order valence-corrected chi connectivity index (χ3v) is 5.56. The van der Waals surface area contributed by atoms with Crippen LogP contribution >= 0.6 is 0 Å². The molecular formula is C23H22N2O3. The number of rotatable bonds is 2. The van der Waals surface area contributed by atoms with Crippen LogP contribution in [0, 0.1) is 11.8 Å². The van der Waals surface area contributed by atoms with E-state index >= 15 is 0 Å². The lowest BCUT2D eigenvalue weighted by molar-refractivity contribution is -0.126. The zero-order chi connectivity index (χ0) is 19.7. The fourth-order valence-corrected chi connectivity index (χ4v) is 4.14. The molecule has 5 nitrogen and oxygen atoms in total. The van der Waals surface area contributed by atoms with Gasteiger partial charge in [-0.25, -0.2) is 4.90 Å². The quantitative estimate of drug-likeness (QED) is 0.821.